The highest BCUT2D eigenvalue weighted by Crippen LogP contribution is 2.33. The lowest BCUT2D eigenvalue weighted by Crippen LogP contribution is -2.49. The van der Waals surface area contributed by atoms with Crippen LogP contribution in [0.3, 0.4) is 0 Å². The van der Waals surface area contributed by atoms with Crippen LogP contribution in [0.5, 0.6) is 0 Å². The second-order valence-electron chi connectivity index (χ2n) is 13.3. The molecule has 0 aliphatic carbocycles. The van der Waals surface area contributed by atoms with Gasteiger partial charge in [-0.15, -0.1) is 0 Å². The van der Waals surface area contributed by atoms with Gasteiger partial charge in [0.2, 0.25) is 0 Å². The van der Waals surface area contributed by atoms with Crippen LogP contribution in [0.15, 0.2) is 164 Å². The molecule has 0 unspecified atom stereocenters. The number of fused-ring (bicyclic) bond motifs is 4. The maximum atomic E-state index is 5.11. The molecule has 0 fully saturated rings. The van der Waals surface area contributed by atoms with Crippen molar-refractivity contribution in [2.75, 3.05) is 0 Å². The first-order chi connectivity index (χ1) is 24.0. The highest BCUT2D eigenvalue weighted by Gasteiger charge is 2.37. The molecule has 1 aromatic heterocycles. The summed E-state index contributed by atoms with van der Waals surface area (Å²) < 4.78 is 0. The van der Waals surface area contributed by atoms with Crippen molar-refractivity contribution in [1.29, 1.82) is 0 Å². The number of hydrogen-bond donors (Lipinski definition) is 0. The van der Waals surface area contributed by atoms with Gasteiger partial charge in [0, 0.05) is 16.7 Å². The predicted molar refractivity (Wildman–Crippen MR) is 207 cm³/mol. The molecule has 0 spiro atoms. The molecule has 232 valence electrons. The standard InChI is InChI=1S/C45H33N3Si/c1-49(2)41-15-9-8-14-39(41)40-29-38(26-27-42(40)49)45-47-43(34-21-16-32(17-22-34)30-10-4-3-5-11-30)46-44(48-45)35-23-18-33(19-24-35)37-25-20-31-12-6-7-13-36(31)28-37/h3-29H,1-2H3. The summed E-state index contributed by atoms with van der Waals surface area (Å²) in [5.74, 6) is 2.00. The molecule has 49 heavy (non-hydrogen) atoms. The molecular weight excluding hydrogens is 611 g/mol. The van der Waals surface area contributed by atoms with E-state index in [9.17, 15) is 0 Å². The highest BCUT2D eigenvalue weighted by atomic mass is 28.3. The molecule has 0 atom stereocenters. The first kappa shape index (κ1) is 29.2. The van der Waals surface area contributed by atoms with Gasteiger partial charge in [-0.05, 0) is 66.7 Å². The molecule has 0 amide bonds. The quantitative estimate of drug-likeness (QED) is 0.175. The lowest BCUT2D eigenvalue weighted by molar-refractivity contribution is 1.07. The van der Waals surface area contributed by atoms with E-state index in [1.54, 1.807) is 0 Å². The lowest BCUT2D eigenvalue weighted by Gasteiger charge is -2.18. The van der Waals surface area contributed by atoms with Crippen LogP contribution in [0.4, 0.5) is 0 Å². The summed E-state index contributed by atoms with van der Waals surface area (Å²) in [4.78, 5) is 15.3. The van der Waals surface area contributed by atoms with Gasteiger partial charge in [-0.1, -0.05) is 165 Å². The van der Waals surface area contributed by atoms with Gasteiger partial charge in [-0.25, -0.2) is 15.0 Å². The Hall–Kier alpha value is -5.97. The highest BCUT2D eigenvalue weighted by molar-refractivity contribution is 7.03. The van der Waals surface area contributed by atoms with Crippen LogP contribution in [0.2, 0.25) is 13.1 Å². The minimum Gasteiger partial charge on any atom is -0.208 e. The summed E-state index contributed by atoms with van der Waals surface area (Å²) in [6.07, 6.45) is 0. The van der Waals surface area contributed by atoms with Crippen molar-refractivity contribution in [3.8, 4) is 67.5 Å². The Balaban J connectivity index is 1.15. The Morgan fingerprint density at radius 3 is 1.49 bits per heavy atom. The Bertz CT molecular complexity index is 2500. The Labute approximate surface area is 287 Å². The maximum Gasteiger partial charge on any atom is 0.164 e. The summed E-state index contributed by atoms with van der Waals surface area (Å²) in [5.41, 5.74) is 10.2. The number of hydrogen-bond acceptors (Lipinski definition) is 3. The smallest absolute Gasteiger partial charge is 0.164 e. The molecule has 0 N–H and O–H groups in total. The molecule has 1 aliphatic heterocycles. The van der Waals surface area contributed by atoms with Crippen LogP contribution in [0, 0.1) is 0 Å². The van der Waals surface area contributed by atoms with E-state index in [1.165, 1.54) is 43.4 Å². The van der Waals surface area contributed by atoms with Crippen molar-refractivity contribution in [2.24, 2.45) is 0 Å². The normalized spacial score (nSPS) is 12.9. The summed E-state index contributed by atoms with van der Waals surface area (Å²) in [5, 5.41) is 5.43. The third-order valence-corrected chi connectivity index (χ3v) is 13.5. The molecule has 0 saturated carbocycles. The van der Waals surface area contributed by atoms with Crippen LogP contribution in [0.1, 0.15) is 0 Å². The van der Waals surface area contributed by atoms with E-state index < -0.39 is 8.07 Å². The Morgan fingerprint density at radius 2 is 0.796 bits per heavy atom. The molecule has 2 heterocycles. The van der Waals surface area contributed by atoms with Gasteiger partial charge >= 0.3 is 0 Å². The first-order valence-corrected chi connectivity index (χ1v) is 19.8. The van der Waals surface area contributed by atoms with E-state index in [2.05, 4.69) is 171 Å². The number of aromatic nitrogens is 3. The summed E-state index contributed by atoms with van der Waals surface area (Å²) in [6, 6.07) is 58.3. The van der Waals surface area contributed by atoms with Gasteiger partial charge in [0.25, 0.3) is 0 Å². The predicted octanol–water partition coefficient (Wildman–Crippen LogP) is 10.2. The summed E-state index contributed by atoms with van der Waals surface area (Å²) >= 11 is 0. The monoisotopic (exact) mass is 643 g/mol. The van der Waals surface area contributed by atoms with Crippen LogP contribution < -0.4 is 10.4 Å². The van der Waals surface area contributed by atoms with E-state index in [0.29, 0.717) is 17.5 Å². The summed E-state index contributed by atoms with van der Waals surface area (Å²) in [6.45, 7) is 4.88. The average Bonchev–Trinajstić information content (AvgIpc) is 3.40. The first-order valence-electron chi connectivity index (χ1n) is 16.8. The molecule has 4 heteroatoms. The second-order valence-corrected chi connectivity index (χ2v) is 17.6. The van der Waals surface area contributed by atoms with Crippen LogP contribution >= 0.6 is 0 Å². The van der Waals surface area contributed by atoms with Gasteiger partial charge in [0.15, 0.2) is 17.5 Å². The maximum absolute atomic E-state index is 5.11. The zero-order valence-corrected chi connectivity index (χ0v) is 28.4. The van der Waals surface area contributed by atoms with Gasteiger partial charge in [0.1, 0.15) is 8.07 Å². The largest absolute Gasteiger partial charge is 0.208 e. The molecule has 3 nitrogen and oxygen atoms in total. The van der Waals surface area contributed by atoms with E-state index in [-0.39, 0.29) is 0 Å². The molecule has 1 aliphatic rings. The van der Waals surface area contributed by atoms with Crippen molar-refractivity contribution in [3.05, 3.63) is 164 Å². The summed E-state index contributed by atoms with van der Waals surface area (Å²) in [7, 11) is -1.77. The molecule has 0 saturated heterocycles. The minimum absolute atomic E-state index is 0.660. The molecular formula is C45H33N3Si. The van der Waals surface area contributed by atoms with Crippen molar-refractivity contribution in [2.45, 2.75) is 13.1 Å². The number of benzene rings is 7. The zero-order chi connectivity index (χ0) is 33.0. The van der Waals surface area contributed by atoms with Gasteiger partial charge in [-0.3, -0.25) is 0 Å². The fourth-order valence-electron chi connectivity index (χ4n) is 7.25. The van der Waals surface area contributed by atoms with E-state index in [0.717, 1.165) is 27.8 Å². The SMILES string of the molecule is C[Si]1(C)c2ccccc2-c2cc(-c3nc(-c4ccc(-c5ccccc5)cc4)nc(-c4ccc(-c5ccc6ccccc6c5)cc4)n3)ccc21. The fraction of sp³-hybridized carbons (Fsp3) is 0.0444. The minimum atomic E-state index is -1.77. The topological polar surface area (TPSA) is 38.7 Å². The van der Waals surface area contributed by atoms with Crippen molar-refractivity contribution >= 4 is 29.2 Å². The van der Waals surface area contributed by atoms with Gasteiger partial charge in [0.05, 0.1) is 0 Å². The third kappa shape index (κ3) is 5.18. The van der Waals surface area contributed by atoms with E-state index in [4.69, 9.17) is 15.0 Å². The lowest BCUT2D eigenvalue weighted by atomic mass is 10.00. The van der Waals surface area contributed by atoms with Crippen molar-refractivity contribution < 1.29 is 0 Å². The van der Waals surface area contributed by atoms with Crippen LogP contribution in [-0.4, -0.2) is 23.0 Å². The van der Waals surface area contributed by atoms with E-state index >= 15 is 0 Å². The van der Waals surface area contributed by atoms with Gasteiger partial charge < -0.3 is 0 Å². The van der Waals surface area contributed by atoms with Crippen LogP contribution in [-0.2, 0) is 0 Å². The van der Waals surface area contributed by atoms with Gasteiger partial charge in [-0.2, -0.15) is 0 Å². The van der Waals surface area contributed by atoms with Crippen molar-refractivity contribution in [1.82, 2.24) is 15.0 Å². The Morgan fingerprint density at radius 1 is 0.327 bits per heavy atom. The Kier molecular flexibility index (Phi) is 6.92. The zero-order valence-electron chi connectivity index (χ0n) is 27.4. The average molecular weight is 644 g/mol. The molecule has 8 aromatic rings. The fourth-order valence-corrected chi connectivity index (χ4v) is 10.3. The molecule has 9 rings (SSSR count). The molecule has 7 aromatic carbocycles. The van der Waals surface area contributed by atoms with Crippen LogP contribution in [0.25, 0.3) is 78.3 Å². The third-order valence-electron chi connectivity index (χ3n) is 9.95. The number of nitrogens with zero attached hydrogens (tertiary/aromatic N) is 3. The second kappa shape index (κ2) is 11.6. The number of rotatable bonds is 5. The van der Waals surface area contributed by atoms with E-state index in [1.807, 2.05) is 6.07 Å². The van der Waals surface area contributed by atoms with Crippen molar-refractivity contribution in [3.63, 3.8) is 0 Å². The molecule has 0 bridgehead atoms. The molecule has 0 radical (unpaired) electrons.